The molecule has 0 fully saturated rings. The minimum Gasteiger partial charge on any atom is -0.493 e. The van der Waals surface area contributed by atoms with E-state index < -0.39 is 11.4 Å². The molecule has 1 N–H and O–H groups in total. The Hall–Kier alpha value is -3.38. The molecule has 0 unspecified atom stereocenters. The summed E-state index contributed by atoms with van der Waals surface area (Å²) in [5.41, 5.74) is 5.20. The predicted molar refractivity (Wildman–Crippen MR) is 119 cm³/mol. The van der Waals surface area contributed by atoms with Crippen LogP contribution in [0.5, 0.6) is 5.75 Å². The average Bonchev–Trinajstić information content (AvgIpc) is 2.76. The first-order valence-corrected chi connectivity index (χ1v) is 10.3. The fourth-order valence-corrected chi connectivity index (χ4v) is 3.92. The SMILES string of the molecule is COCCCOc1cc2c(cc1-c1ccc(C)cc1)-c1cc(=O)c(C(=O)O)cn1CC2. The molecule has 0 saturated carbocycles. The molecule has 2 heterocycles. The van der Waals surface area contributed by atoms with Crippen molar-refractivity contribution < 1.29 is 19.4 Å². The van der Waals surface area contributed by atoms with Gasteiger partial charge >= 0.3 is 5.97 Å². The standard InChI is InChI=1S/C25H25NO5/c1-16-4-6-17(7-5-16)20-13-19-18(12-24(20)31-11-3-10-30-2)8-9-26-15-21(25(28)29)23(27)14-22(19)26/h4-7,12-15H,3,8-11H2,1-2H3,(H,28,29). The van der Waals surface area contributed by atoms with Gasteiger partial charge in [0.05, 0.1) is 12.3 Å². The van der Waals surface area contributed by atoms with Gasteiger partial charge in [-0.05, 0) is 36.6 Å². The number of nitrogens with zero attached hydrogens (tertiary/aromatic N) is 1. The summed E-state index contributed by atoms with van der Waals surface area (Å²) in [6, 6.07) is 13.8. The minimum absolute atomic E-state index is 0.205. The molecule has 1 aromatic heterocycles. The number of aromatic nitrogens is 1. The molecule has 0 amide bonds. The third-order valence-electron chi connectivity index (χ3n) is 5.57. The van der Waals surface area contributed by atoms with Gasteiger partial charge in [0.2, 0.25) is 0 Å². The number of aromatic carboxylic acids is 1. The van der Waals surface area contributed by atoms with E-state index in [1.807, 2.05) is 11.5 Å². The molecule has 160 valence electrons. The molecule has 2 aromatic carbocycles. The topological polar surface area (TPSA) is 77.8 Å². The van der Waals surface area contributed by atoms with Crippen molar-refractivity contribution in [2.45, 2.75) is 26.3 Å². The van der Waals surface area contributed by atoms with Crippen LogP contribution < -0.4 is 10.2 Å². The van der Waals surface area contributed by atoms with Crippen LogP contribution in [0.3, 0.4) is 0 Å². The Kier molecular flexibility index (Phi) is 5.91. The zero-order chi connectivity index (χ0) is 22.0. The zero-order valence-electron chi connectivity index (χ0n) is 17.7. The van der Waals surface area contributed by atoms with E-state index in [0.29, 0.717) is 19.8 Å². The van der Waals surface area contributed by atoms with Crippen LogP contribution in [-0.4, -0.2) is 36.0 Å². The van der Waals surface area contributed by atoms with Gasteiger partial charge in [0.25, 0.3) is 0 Å². The number of benzene rings is 2. The lowest BCUT2D eigenvalue weighted by Crippen LogP contribution is -2.22. The van der Waals surface area contributed by atoms with Gasteiger partial charge in [-0.1, -0.05) is 29.8 Å². The maximum atomic E-state index is 12.4. The maximum absolute atomic E-state index is 12.4. The summed E-state index contributed by atoms with van der Waals surface area (Å²) >= 11 is 0. The largest absolute Gasteiger partial charge is 0.493 e. The van der Waals surface area contributed by atoms with Gasteiger partial charge in [-0.25, -0.2) is 4.79 Å². The Morgan fingerprint density at radius 3 is 2.58 bits per heavy atom. The number of pyridine rings is 1. The van der Waals surface area contributed by atoms with Crippen LogP contribution in [0.2, 0.25) is 0 Å². The van der Waals surface area contributed by atoms with E-state index >= 15 is 0 Å². The lowest BCUT2D eigenvalue weighted by Gasteiger charge is -2.25. The number of carbonyl (C=O) groups is 1. The molecule has 0 bridgehead atoms. The maximum Gasteiger partial charge on any atom is 0.341 e. The van der Waals surface area contributed by atoms with E-state index in [-0.39, 0.29) is 5.56 Å². The lowest BCUT2D eigenvalue weighted by atomic mass is 9.91. The van der Waals surface area contributed by atoms with E-state index in [1.165, 1.54) is 17.8 Å². The molecule has 0 aliphatic carbocycles. The van der Waals surface area contributed by atoms with Crippen LogP contribution in [0.4, 0.5) is 0 Å². The van der Waals surface area contributed by atoms with Crippen LogP contribution in [0, 0.1) is 6.92 Å². The second kappa shape index (κ2) is 8.78. The monoisotopic (exact) mass is 419 g/mol. The number of carboxylic acid groups (broad SMARTS) is 1. The van der Waals surface area contributed by atoms with Gasteiger partial charge in [-0.2, -0.15) is 0 Å². The van der Waals surface area contributed by atoms with Gasteiger partial charge in [-0.15, -0.1) is 0 Å². The summed E-state index contributed by atoms with van der Waals surface area (Å²) in [5.74, 6) is -0.400. The molecule has 0 spiro atoms. The van der Waals surface area contributed by atoms with Crippen molar-refractivity contribution in [1.82, 2.24) is 4.57 Å². The second-order valence-electron chi connectivity index (χ2n) is 7.75. The summed E-state index contributed by atoms with van der Waals surface area (Å²) in [6.45, 7) is 3.83. The summed E-state index contributed by atoms with van der Waals surface area (Å²) in [7, 11) is 1.67. The van der Waals surface area contributed by atoms with Gasteiger partial charge < -0.3 is 19.1 Å². The Morgan fingerprint density at radius 1 is 1.10 bits per heavy atom. The van der Waals surface area contributed by atoms with Crippen LogP contribution in [0.1, 0.15) is 27.9 Å². The number of hydrogen-bond acceptors (Lipinski definition) is 4. The van der Waals surface area contributed by atoms with Crippen molar-refractivity contribution in [2.75, 3.05) is 20.3 Å². The van der Waals surface area contributed by atoms with Crippen molar-refractivity contribution in [1.29, 1.82) is 0 Å². The van der Waals surface area contributed by atoms with Crippen LogP contribution >= 0.6 is 0 Å². The van der Waals surface area contributed by atoms with E-state index in [4.69, 9.17) is 9.47 Å². The van der Waals surface area contributed by atoms with E-state index in [9.17, 15) is 14.7 Å². The molecule has 0 saturated heterocycles. The van der Waals surface area contributed by atoms with Crippen LogP contribution in [-0.2, 0) is 17.7 Å². The molecule has 1 aliphatic heterocycles. The predicted octanol–water partition coefficient (Wildman–Crippen LogP) is 4.16. The molecule has 1 aliphatic rings. The van der Waals surface area contributed by atoms with E-state index in [2.05, 4.69) is 36.4 Å². The first-order valence-electron chi connectivity index (χ1n) is 10.3. The molecule has 0 atom stereocenters. The quantitative estimate of drug-likeness (QED) is 0.582. The molecule has 3 aromatic rings. The highest BCUT2D eigenvalue weighted by Gasteiger charge is 2.22. The fourth-order valence-electron chi connectivity index (χ4n) is 3.92. The van der Waals surface area contributed by atoms with E-state index in [1.54, 1.807) is 7.11 Å². The molecule has 6 nitrogen and oxygen atoms in total. The fraction of sp³-hybridized carbons (Fsp3) is 0.280. The van der Waals surface area contributed by atoms with Crippen molar-refractivity contribution >= 4 is 5.97 Å². The lowest BCUT2D eigenvalue weighted by molar-refractivity contribution is 0.0694. The number of rotatable bonds is 7. The highest BCUT2D eigenvalue weighted by Crippen LogP contribution is 2.39. The Labute approximate surface area is 180 Å². The summed E-state index contributed by atoms with van der Waals surface area (Å²) in [5, 5.41) is 9.30. The van der Waals surface area contributed by atoms with Crippen molar-refractivity contribution in [3.05, 3.63) is 75.6 Å². The van der Waals surface area contributed by atoms with Crippen molar-refractivity contribution in [2.24, 2.45) is 0 Å². The average molecular weight is 419 g/mol. The number of aryl methyl sites for hydroxylation is 3. The molecular weight excluding hydrogens is 394 g/mol. The van der Waals surface area contributed by atoms with E-state index in [0.717, 1.165) is 46.5 Å². The summed E-state index contributed by atoms with van der Waals surface area (Å²) in [4.78, 5) is 23.7. The molecule has 31 heavy (non-hydrogen) atoms. The summed E-state index contributed by atoms with van der Waals surface area (Å²) in [6.07, 6.45) is 2.97. The smallest absolute Gasteiger partial charge is 0.341 e. The molecule has 4 rings (SSSR count). The van der Waals surface area contributed by atoms with Gasteiger partial charge in [0.1, 0.15) is 11.3 Å². The first kappa shape index (κ1) is 20.9. The second-order valence-corrected chi connectivity index (χ2v) is 7.75. The van der Waals surface area contributed by atoms with Gasteiger partial charge in [0, 0.05) is 50.1 Å². The third kappa shape index (κ3) is 4.25. The van der Waals surface area contributed by atoms with Gasteiger partial charge in [0.15, 0.2) is 5.43 Å². The van der Waals surface area contributed by atoms with Gasteiger partial charge in [-0.3, -0.25) is 4.79 Å². The number of carboxylic acids is 1. The highest BCUT2D eigenvalue weighted by atomic mass is 16.5. The Morgan fingerprint density at radius 2 is 1.87 bits per heavy atom. The molecular formula is C25H25NO5. The van der Waals surface area contributed by atoms with Crippen molar-refractivity contribution in [3.63, 3.8) is 0 Å². The number of ether oxygens (including phenoxy) is 2. The molecule has 6 heteroatoms. The number of methoxy groups -OCH3 is 1. The Bertz CT molecular complexity index is 1180. The number of hydrogen-bond donors (Lipinski definition) is 1. The number of fused-ring (bicyclic) bond motifs is 3. The normalized spacial score (nSPS) is 12.2. The zero-order valence-corrected chi connectivity index (χ0v) is 17.7. The first-order chi connectivity index (χ1) is 15.0. The van der Waals surface area contributed by atoms with Crippen LogP contribution in [0.15, 0.2) is 53.5 Å². The third-order valence-corrected chi connectivity index (χ3v) is 5.57. The summed E-state index contributed by atoms with van der Waals surface area (Å²) < 4.78 is 13.1. The Balaban J connectivity index is 1.82. The molecule has 0 radical (unpaired) electrons. The minimum atomic E-state index is -1.20. The van der Waals surface area contributed by atoms with Crippen LogP contribution in [0.25, 0.3) is 22.4 Å². The van der Waals surface area contributed by atoms with Crippen molar-refractivity contribution in [3.8, 4) is 28.1 Å². The highest BCUT2D eigenvalue weighted by molar-refractivity contribution is 5.88.